The number of methoxy groups -OCH3 is 1. The molecule has 9 heteroatoms. The van der Waals surface area contributed by atoms with Gasteiger partial charge in [-0.2, -0.15) is 10.4 Å². The fraction of sp³-hybridized carbons (Fsp3) is 0.417. The molecule has 4 heterocycles. The van der Waals surface area contributed by atoms with Crippen molar-refractivity contribution in [1.82, 2.24) is 19.9 Å². The summed E-state index contributed by atoms with van der Waals surface area (Å²) in [4.78, 5) is 18.9. The molecule has 4 rings (SSSR count). The average Bonchev–Trinajstić information content (AvgIpc) is 3.21. The fourth-order valence-corrected chi connectivity index (χ4v) is 3.97. The van der Waals surface area contributed by atoms with Crippen molar-refractivity contribution < 1.29 is 14.3 Å². The Morgan fingerprint density at radius 1 is 1.24 bits per heavy atom. The lowest BCUT2D eigenvalue weighted by atomic mass is 10.0. The van der Waals surface area contributed by atoms with E-state index in [0.29, 0.717) is 11.3 Å². The van der Waals surface area contributed by atoms with Gasteiger partial charge in [0.25, 0.3) is 0 Å². The first-order valence-electron chi connectivity index (χ1n) is 10.9. The minimum absolute atomic E-state index is 0.0895. The molecule has 3 aromatic rings. The van der Waals surface area contributed by atoms with Crippen LogP contribution in [0.15, 0.2) is 36.8 Å². The molecule has 1 N–H and O–H groups in total. The summed E-state index contributed by atoms with van der Waals surface area (Å²) in [5.41, 5.74) is 2.43. The van der Waals surface area contributed by atoms with E-state index in [1.54, 1.807) is 24.0 Å². The number of carbonyl (C=O) groups is 1. The van der Waals surface area contributed by atoms with Gasteiger partial charge in [0.05, 0.1) is 30.6 Å². The highest BCUT2D eigenvalue weighted by atomic mass is 16.6. The predicted molar refractivity (Wildman–Crippen MR) is 124 cm³/mol. The zero-order valence-corrected chi connectivity index (χ0v) is 19.3. The van der Waals surface area contributed by atoms with Crippen LogP contribution in [0.3, 0.4) is 0 Å². The highest BCUT2D eigenvalue weighted by Crippen LogP contribution is 2.31. The Morgan fingerprint density at radius 2 is 2.00 bits per heavy atom. The summed E-state index contributed by atoms with van der Waals surface area (Å²) < 4.78 is 12.4. The van der Waals surface area contributed by atoms with Gasteiger partial charge in [-0.1, -0.05) is 0 Å². The van der Waals surface area contributed by atoms with Crippen LogP contribution in [0.4, 0.5) is 10.6 Å². The molecular weight excluding hydrogens is 420 g/mol. The number of pyridine rings is 2. The molecule has 0 bridgehead atoms. The van der Waals surface area contributed by atoms with Crippen LogP contribution in [-0.2, 0) is 4.74 Å². The van der Waals surface area contributed by atoms with Crippen LogP contribution < -0.4 is 15.0 Å². The van der Waals surface area contributed by atoms with E-state index in [-0.39, 0.29) is 12.1 Å². The number of aromatic nitrogens is 3. The van der Waals surface area contributed by atoms with Gasteiger partial charge >= 0.3 is 6.09 Å². The minimum atomic E-state index is -0.504. The van der Waals surface area contributed by atoms with Crippen LogP contribution in [0.25, 0.3) is 16.6 Å². The lowest BCUT2D eigenvalue weighted by molar-refractivity contribution is 0.0497. The third-order valence-corrected chi connectivity index (χ3v) is 5.54. The molecule has 0 spiro atoms. The Balaban J connectivity index is 1.47. The summed E-state index contributed by atoms with van der Waals surface area (Å²) in [7, 11) is 1.60. The third-order valence-electron chi connectivity index (χ3n) is 5.54. The van der Waals surface area contributed by atoms with Gasteiger partial charge in [-0.3, -0.25) is 0 Å². The van der Waals surface area contributed by atoms with Crippen LogP contribution in [0.1, 0.15) is 39.2 Å². The van der Waals surface area contributed by atoms with Crippen molar-refractivity contribution in [1.29, 1.82) is 5.26 Å². The van der Waals surface area contributed by atoms with Crippen molar-refractivity contribution in [3.05, 3.63) is 42.4 Å². The summed E-state index contributed by atoms with van der Waals surface area (Å²) >= 11 is 0. The van der Waals surface area contributed by atoms with E-state index in [9.17, 15) is 10.1 Å². The second kappa shape index (κ2) is 8.98. The molecule has 1 aliphatic rings. The molecule has 33 heavy (non-hydrogen) atoms. The molecule has 9 nitrogen and oxygen atoms in total. The number of hydrogen-bond donors (Lipinski definition) is 1. The van der Waals surface area contributed by atoms with Crippen LogP contribution in [0.5, 0.6) is 5.75 Å². The highest BCUT2D eigenvalue weighted by molar-refractivity contribution is 5.85. The Hall–Kier alpha value is -3.80. The van der Waals surface area contributed by atoms with Gasteiger partial charge in [0.15, 0.2) is 0 Å². The van der Waals surface area contributed by atoms with E-state index in [1.165, 1.54) is 0 Å². The largest absolute Gasteiger partial charge is 0.495 e. The topological polar surface area (TPSA) is 105 Å². The molecule has 0 aromatic carbocycles. The maximum Gasteiger partial charge on any atom is 0.407 e. The molecular formula is C24H28N6O3. The average molecular weight is 449 g/mol. The van der Waals surface area contributed by atoms with Crippen molar-refractivity contribution in [2.75, 3.05) is 25.1 Å². The number of anilines is 1. The standard InChI is InChI=1S/C24H28N6O3/c1-24(2,3)33-23(31)28-18-7-9-29(10-8-18)21-6-5-16(13-26-21)20-11-19(32-4)15-30-22(20)17(12-25)14-27-30/h5-6,11,13-15,18H,7-10H2,1-4H3,(H,28,31). The third kappa shape index (κ3) is 5.00. The maximum absolute atomic E-state index is 12.0. The number of carbonyl (C=O) groups excluding carboxylic acids is 1. The van der Waals surface area contributed by atoms with E-state index in [2.05, 4.69) is 26.4 Å². The smallest absolute Gasteiger partial charge is 0.407 e. The molecule has 1 aliphatic heterocycles. The molecule has 3 aromatic heterocycles. The Morgan fingerprint density at radius 3 is 2.61 bits per heavy atom. The number of nitriles is 1. The Labute approximate surface area is 192 Å². The molecule has 0 saturated carbocycles. The molecule has 0 radical (unpaired) electrons. The monoisotopic (exact) mass is 448 g/mol. The number of nitrogens with one attached hydrogen (secondary N) is 1. The Kier molecular flexibility index (Phi) is 6.09. The summed E-state index contributed by atoms with van der Waals surface area (Å²) in [6.07, 6.45) is 6.38. The number of ether oxygens (including phenoxy) is 2. The molecule has 0 atom stereocenters. The number of amides is 1. The zero-order chi connectivity index (χ0) is 23.6. The first-order chi connectivity index (χ1) is 15.8. The van der Waals surface area contributed by atoms with Gasteiger partial charge in [0, 0.05) is 36.5 Å². The zero-order valence-electron chi connectivity index (χ0n) is 19.3. The number of piperidine rings is 1. The number of fused-ring (bicyclic) bond motifs is 1. The van der Waals surface area contributed by atoms with Gasteiger partial charge in [-0.05, 0) is 51.8 Å². The van der Waals surface area contributed by atoms with Crippen molar-refractivity contribution >= 4 is 17.4 Å². The highest BCUT2D eigenvalue weighted by Gasteiger charge is 2.24. The molecule has 1 fully saturated rings. The number of rotatable bonds is 4. The first-order valence-corrected chi connectivity index (χ1v) is 10.9. The van der Waals surface area contributed by atoms with Gasteiger partial charge in [-0.15, -0.1) is 0 Å². The van der Waals surface area contributed by atoms with Crippen molar-refractivity contribution in [2.45, 2.75) is 45.3 Å². The maximum atomic E-state index is 12.0. The molecule has 0 unspecified atom stereocenters. The number of hydrogen-bond acceptors (Lipinski definition) is 7. The molecule has 1 saturated heterocycles. The van der Waals surface area contributed by atoms with Crippen molar-refractivity contribution in [3.8, 4) is 22.9 Å². The van der Waals surface area contributed by atoms with E-state index < -0.39 is 5.60 Å². The number of nitrogens with zero attached hydrogens (tertiary/aromatic N) is 5. The van der Waals surface area contributed by atoms with Crippen LogP contribution in [0, 0.1) is 11.3 Å². The van der Waals surface area contributed by atoms with Crippen LogP contribution in [0.2, 0.25) is 0 Å². The molecule has 1 amide bonds. The second-order valence-electron chi connectivity index (χ2n) is 9.07. The van der Waals surface area contributed by atoms with E-state index in [1.807, 2.05) is 45.2 Å². The quantitative estimate of drug-likeness (QED) is 0.648. The lowest BCUT2D eigenvalue weighted by Crippen LogP contribution is -2.46. The van der Waals surface area contributed by atoms with Crippen LogP contribution >= 0.6 is 0 Å². The SMILES string of the molecule is COc1cc(-c2ccc(N3CCC(NC(=O)OC(C)(C)C)CC3)nc2)c2c(C#N)cnn2c1. The molecule has 0 aliphatic carbocycles. The van der Waals surface area contributed by atoms with E-state index in [4.69, 9.17) is 9.47 Å². The van der Waals surface area contributed by atoms with Gasteiger partial charge in [-0.25, -0.2) is 14.3 Å². The Bertz CT molecular complexity index is 1180. The lowest BCUT2D eigenvalue weighted by Gasteiger charge is -2.33. The van der Waals surface area contributed by atoms with Crippen molar-refractivity contribution in [2.24, 2.45) is 0 Å². The van der Waals surface area contributed by atoms with Gasteiger partial charge in [0.1, 0.15) is 23.2 Å². The van der Waals surface area contributed by atoms with Crippen LogP contribution in [-0.4, -0.2) is 52.5 Å². The van der Waals surface area contributed by atoms with Gasteiger partial charge < -0.3 is 19.7 Å². The fourth-order valence-electron chi connectivity index (χ4n) is 3.97. The summed E-state index contributed by atoms with van der Waals surface area (Å²) in [5.74, 6) is 1.52. The summed E-state index contributed by atoms with van der Waals surface area (Å²) in [5, 5.41) is 16.7. The summed E-state index contributed by atoms with van der Waals surface area (Å²) in [6.45, 7) is 7.15. The van der Waals surface area contributed by atoms with Gasteiger partial charge in [0.2, 0.25) is 0 Å². The minimum Gasteiger partial charge on any atom is -0.495 e. The van der Waals surface area contributed by atoms with E-state index in [0.717, 1.165) is 48.4 Å². The normalized spacial score (nSPS) is 14.7. The molecule has 172 valence electrons. The van der Waals surface area contributed by atoms with E-state index >= 15 is 0 Å². The van der Waals surface area contributed by atoms with Crippen molar-refractivity contribution in [3.63, 3.8) is 0 Å². The second-order valence-corrected chi connectivity index (χ2v) is 9.07. The first kappa shape index (κ1) is 22.4. The predicted octanol–water partition coefficient (Wildman–Crippen LogP) is 3.77. The number of alkyl carbamates (subject to hydrolysis) is 1. The summed E-state index contributed by atoms with van der Waals surface area (Å²) in [6, 6.07) is 8.16.